The van der Waals surface area contributed by atoms with Crippen LogP contribution in [0.25, 0.3) is 0 Å². The van der Waals surface area contributed by atoms with Crippen LogP contribution < -0.4 is 15.1 Å². The summed E-state index contributed by atoms with van der Waals surface area (Å²) in [4.78, 5) is 13.3. The van der Waals surface area contributed by atoms with E-state index in [0.717, 1.165) is 37.7 Å². The van der Waals surface area contributed by atoms with Crippen molar-refractivity contribution in [3.8, 4) is 0 Å². The molecule has 1 aromatic rings. The van der Waals surface area contributed by atoms with Gasteiger partial charge in [-0.15, -0.1) is 0 Å². The van der Waals surface area contributed by atoms with Crippen molar-refractivity contribution in [2.75, 3.05) is 43.5 Å². The molecule has 0 aliphatic carbocycles. The van der Waals surface area contributed by atoms with E-state index in [4.69, 9.17) is 0 Å². The lowest BCUT2D eigenvalue weighted by atomic mass is 10.1. The summed E-state index contributed by atoms with van der Waals surface area (Å²) in [6.45, 7) is 5.35. The fraction of sp³-hybridized carbons (Fsp3) is 0.714. The number of nitrogens with one attached hydrogen (secondary N) is 1. The Bertz CT molecular complexity index is 387. The largest absolute Gasteiger partial charge is 0.360 e. The zero-order valence-electron chi connectivity index (χ0n) is 12.3. The first-order valence-corrected chi connectivity index (χ1v) is 7.20. The van der Waals surface area contributed by atoms with Gasteiger partial charge < -0.3 is 15.1 Å². The molecule has 19 heavy (non-hydrogen) atoms. The first-order chi connectivity index (χ1) is 9.24. The standard InChI is InChI=1S/C14H25N5/c1-4-7-18(3)13-10-14(17-11-16-13)19-8-5-12(15-2)6-9-19/h10-12,15H,4-9H2,1-3H3. The molecule has 2 heterocycles. The number of aromatic nitrogens is 2. The Morgan fingerprint density at radius 2 is 2.11 bits per heavy atom. The maximum absolute atomic E-state index is 4.42. The summed E-state index contributed by atoms with van der Waals surface area (Å²) in [6, 6.07) is 2.76. The number of piperidine rings is 1. The fourth-order valence-corrected chi connectivity index (χ4v) is 2.57. The van der Waals surface area contributed by atoms with Crippen LogP contribution in [-0.4, -0.2) is 49.7 Å². The molecule has 1 aliphatic rings. The number of nitrogens with zero attached hydrogens (tertiary/aromatic N) is 4. The lowest BCUT2D eigenvalue weighted by molar-refractivity contribution is 0.440. The average Bonchev–Trinajstić information content (AvgIpc) is 2.48. The van der Waals surface area contributed by atoms with Crippen molar-refractivity contribution in [1.29, 1.82) is 0 Å². The normalized spacial score (nSPS) is 16.7. The highest BCUT2D eigenvalue weighted by Crippen LogP contribution is 2.20. The maximum Gasteiger partial charge on any atom is 0.134 e. The van der Waals surface area contributed by atoms with Crippen LogP contribution in [0.2, 0.25) is 0 Å². The lowest BCUT2D eigenvalue weighted by Crippen LogP contribution is -2.41. The van der Waals surface area contributed by atoms with Crippen molar-refractivity contribution in [3.63, 3.8) is 0 Å². The van der Waals surface area contributed by atoms with Crippen molar-refractivity contribution in [2.45, 2.75) is 32.2 Å². The zero-order chi connectivity index (χ0) is 13.7. The third-order valence-corrected chi connectivity index (χ3v) is 3.82. The number of rotatable bonds is 5. The van der Waals surface area contributed by atoms with Gasteiger partial charge in [0.05, 0.1) is 0 Å². The minimum atomic E-state index is 0.653. The smallest absolute Gasteiger partial charge is 0.134 e. The summed E-state index contributed by atoms with van der Waals surface area (Å²) in [5, 5.41) is 3.35. The van der Waals surface area contributed by atoms with Crippen molar-refractivity contribution in [1.82, 2.24) is 15.3 Å². The average molecular weight is 263 g/mol. The van der Waals surface area contributed by atoms with E-state index in [0.29, 0.717) is 6.04 Å². The van der Waals surface area contributed by atoms with Gasteiger partial charge in [-0.2, -0.15) is 0 Å². The summed E-state index contributed by atoms with van der Waals surface area (Å²) in [5.74, 6) is 2.07. The van der Waals surface area contributed by atoms with E-state index < -0.39 is 0 Å². The highest BCUT2D eigenvalue weighted by Gasteiger charge is 2.19. The van der Waals surface area contributed by atoms with Gasteiger partial charge in [-0.1, -0.05) is 6.92 Å². The van der Waals surface area contributed by atoms with Gasteiger partial charge in [-0.05, 0) is 26.3 Å². The predicted octanol–water partition coefficient (Wildman–Crippen LogP) is 1.51. The molecule has 1 aromatic heterocycles. The highest BCUT2D eigenvalue weighted by atomic mass is 15.2. The predicted molar refractivity (Wildman–Crippen MR) is 79.9 cm³/mol. The second-order valence-corrected chi connectivity index (χ2v) is 5.21. The molecule has 1 aliphatic heterocycles. The van der Waals surface area contributed by atoms with Crippen LogP contribution in [-0.2, 0) is 0 Å². The van der Waals surface area contributed by atoms with E-state index in [1.807, 2.05) is 7.05 Å². The fourth-order valence-electron chi connectivity index (χ4n) is 2.57. The Morgan fingerprint density at radius 3 is 2.74 bits per heavy atom. The van der Waals surface area contributed by atoms with E-state index in [2.05, 4.69) is 45.1 Å². The van der Waals surface area contributed by atoms with Crippen LogP contribution in [0, 0.1) is 0 Å². The molecule has 0 bridgehead atoms. The van der Waals surface area contributed by atoms with E-state index >= 15 is 0 Å². The first-order valence-electron chi connectivity index (χ1n) is 7.20. The Balaban J connectivity index is 2.03. The van der Waals surface area contributed by atoms with Crippen molar-refractivity contribution in [2.24, 2.45) is 0 Å². The van der Waals surface area contributed by atoms with E-state index in [9.17, 15) is 0 Å². The minimum absolute atomic E-state index is 0.653. The van der Waals surface area contributed by atoms with Gasteiger partial charge in [0.1, 0.15) is 18.0 Å². The van der Waals surface area contributed by atoms with Crippen LogP contribution in [0.4, 0.5) is 11.6 Å². The minimum Gasteiger partial charge on any atom is -0.360 e. The molecule has 0 spiro atoms. The van der Waals surface area contributed by atoms with Gasteiger partial charge >= 0.3 is 0 Å². The van der Waals surface area contributed by atoms with Crippen LogP contribution in [0.1, 0.15) is 26.2 Å². The molecule has 2 rings (SSSR count). The number of anilines is 2. The molecule has 1 saturated heterocycles. The number of hydrogen-bond donors (Lipinski definition) is 1. The monoisotopic (exact) mass is 263 g/mol. The summed E-state index contributed by atoms with van der Waals surface area (Å²) >= 11 is 0. The second kappa shape index (κ2) is 6.70. The van der Waals surface area contributed by atoms with Crippen molar-refractivity contribution in [3.05, 3.63) is 12.4 Å². The maximum atomic E-state index is 4.42. The third-order valence-electron chi connectivity index (χ3n) is 3.82. The van der Waals surface area contributed by atoms with Gasteiger partial charge in [0.25, 0.3) is 0 Å². The molecular weight excluding hydrogens is 238 g/mol. The SMILES string of the molecule is CCCN(C)c1cc(N2CCC(NC)CC2)ncn1. The molecule has 106 valence electrons. The van der Waals surface area contributed by atoms with E-state index in [1.54, 1.807) is 6.33 Å². The molecule has 0 amide bonds. The van der Waals surface area contributed by atoms with E-state index in [-0.39, 0.29) is 0 Å². The molecule has 0 radical (unpaired) electrons. The molecule has 1 N–H and O–H groups in total. The Labute approximate surface area is 116 Å². The molecule has 5 heteroatoms. The third kappa shape index (κ3) is 3.56. The highest BCUT2D eigenvalue weighted by molar-refractivity contribution is 5.49. The second-order valence-electron chi connectivity index (χ2n) is 5.21. The first kappa shape index (κ1) is 14.1. The molecule has 1 fully saturated rings. The molecule has 0 aromatic carbocycles. The van der Waals surface area contributed by atoms with Gasteiger partial charge in [0, 0.05) is 38.8 Å². The summed E-state index contributed by atoms with van der Waals surface area (Å²) in [7, 11) is 4.13. The van der Waals surface area contributed by atoms with Crippen molar-refractivity contribution >= 4 is 11.6 Å². The Morgan fingerprint density at radius 1 is 1.37 bits per heavy atom. The topological polar surface area (TPSA) is 44.3 Å². The van der Waals surface area contributed by atoms with Crippen LogP contribution in [0.3, 0.4) is 0 Å². The quantitative estimate of drug-likeness (QED) is 0.872. The summed E-state index contributed by atoms with van der Waals surface area (Å²) in [5.41, 5.74) is 0. The van der Waals surface area contributed by atoms with Crippen LogP contribution >= 0.6 is 0 Å². The molecule has 5 nitrogen and oxygen atoms in total. The van der Waals surface area contributed by atoms with Crippen LogP contribution in [0.15, 0.2) is 12.4 Å². The van der Waals surface area contributed by atoms with E-state index in [1.165, 1.54) is 12.8 Å². The van der Waals surface area contributed by atoms with Crippen molar-refractivity contribution < 1.29 is 0 Å². The Kier molecular flexibility index (Phi) is 4.96. The zero-order valence-corrected chi connectivity index (χ0v) is 12.3. The lowest BCUT2D eigenvalue weighted by Gasteiger charge is -2.33. The van der Waals surface area contributed by atoms with Gasteiger partial charge in [0.2, 0.25) is 0 Å². The van der Waals surface area contributed by atoms with Gasteiger partial charge in [0.15, 0.2) is 0 Å². The molecular formula is C14H25N5. The molecule has 0 atom stereocenters. The molecule has 0 saturated carbocycles. The molecule has 0 unspecified atom stereocenters. The van der Waals surface area contributed by atoms with Crippen LogP contribution in [0.5, 0.6) is 0 Å². The van der Waals surface area contributed by atoms with Gasteiger partial charge in [-0.25, -0.2) is 9.97 Å². The summed E-state index contributed by atoms with van der Waals surface area (Å²) < 4.78 is 0. The number of hydrogen-bond acceptors (Lipinski definition) is 5. The van der Waals surface area contributed by atoms with Gasteiger partial charge in [-0.3, -0.25) is 0 Å². The summed E-state index contributed by atoms with van der Waals surface area (Å²) in [6.07, 6.45) is 5.17. The Hall–Kier alpha value is -1.36.